The van der Waals surface area contributed by atoms with Gasteiger partial charge in [-0.3, -0.25) is 4.79 Å². The molecule has 0 unspecified atom stereocenters. The molecule has 1 rings (SSSR count). The molecule has 2 N–H and O–H groups in total. The van der Waals surface area contributed by atoms with E-state index in [9.17, 15) is 4.79 Å². The molecule has 19 heavy (non-hydrogen) atoms. The molecule has 0 saturated heterocycles. The molecule has 0 radical (unpaired) electrons. The molecule has 0 bridgehead atoms. The van der Waals surface area contributed by atoms with Gasteiger partial charge in [0.25, 0.3) is 0 Å². The summed E-state index contributed by atoms with van der Waals surface area (Å²) in [6.45, 7) is 9.20. The molecule has 0 saturated carbocycles. The maximum absolute atomic E-state index is 11.4. The van der Waals surface area contributed by atoms with E-state index in [0.29, 0.717) is 19.1 Å². The molecule has 0 heterocycles. The number of ether oxygens (including phenoxy) is 1. The van der Waals surface area contributed by atoms with E-state index < -0.39 is 0 Å². The van der Waals surface area contributed by atoms with Crippen LogP contribution in [0.4, 0.5) is 5.69 Å². The zero-order chi connectivity index (χ0) is 14.1. The van der Waals surface area contributed by atoms with Crippen LogP contribution in [0.3, 0.4) is 0 Å². The fourth-order valence-electron chi connectivity index (χ4n) is 1.36. The van der Waals surface area contributed by atoms with Crippen molar-refractivity contribution in [1.29, 1.82) is 0 Å². The van der Waals surface area contributed by atoms with Crippen LogP contribution in [0.5, 0.6) is 5.75 Å². The Morgan fingerprint density at radius 1 is 1.37 bits per heavy atom. The highest BCUT2D eigenvalue weighted by Crippen LogP contribution is 2.16. The van der Waals surface area contributed by atoms with Gasteiger partial charge in [0.1, 0.15) is 5.75 Å². The Morgan fingerprint density at radius 3 is 2.63 bits per heavy atom. The number of carbonyl (C=O) groups excluding carboxylic acids is 1. The quantitative estimate of drug-likeness (QED) is 0.707. The summed E-state index contributed by atoms with van der Waals surface area (Å²) >= 11 is 0. The molecular formula is C15H22N2O2. The predicted molar refractivity (Wildman–Crippen MR) is 78.5 cm³/mol. The normalized spacial score (nSPS) is 10.1. The average Bonchev–Trinajstić information content (AvgIpc) is 2.41. The molecule has 0 atom stereocenters. The summed E-state index contributed by atoms with van der Waals surface area (Å²) in [6.07, 6.45) is 1.65. The van der Waals surface area contributed by atoms with Crippen molar-refractivity contribution in [1.82, 2.24) is 5.32 Å². The molecule has 104 valence electrons. The first-order chi connectivity index (χ1) is 9.11. The molecule has 0 fully saturated rings. The Balaban J connectivity index is 2.35. The van der Waals surface area contributed by atoms with E-state index in [4.69, 9.17) is 4.74 Å². The lowest BCUT2D eigenvalue weighted by molar-refractivity contribution is -0.119. The number of nitrogens with one attached hydrogen (secondary N) is 2. The van der Waals surface area contributed by atoms with Crippen molar-refractivity contribution in [3.63, 3.8) is 0 Å². The van der Waals surface area contributed by atoms with Crippen LogP contribution in [0.15, 0.2) is 36.9 Å². The zero-order valence-corrected chi connectivity index (χ0v) is 11.6. The molecule has 1 aromatic carbocycles. The highest BCUT2D eigenvalue weighted by atomic mass is 16.5. The maximum Gasteiger partial charge on any atom is 0.239 e. The topological polar surface area (TPSA) is 50.4 Å². The largest absolute Gasteiger partial charge is 0.493 e. The average molecular weight is 262 g/mol. The second-order valence-corrected chi connectivity index (χ2v) is 4.68. The smallest absolute Gasteiger partial charge is 0.239 e. The summed E-state index contributed by atoms with van der Waals surface area (Å²) in [7, 11) is 0. The van der Waals surface area contributed by atoms with Gasteiger partial charge in [0.2, 0.25) is 5.91 Å². The molecule has 0 aliphatic carbocycles. The molecule has 0 aliphatic rings. The first kappa shape index (κ1) is 15.1. The summed E-state index contributed by atoms with van der Waals surface area (Å²) in [4.78, 5) is 11.4. The Morgan fingerprint density at radius 2 is 2.05 bits per heavy atom. The van der Waals surface area contributed by atoms with Crippen molar-refractivity contribution >= 4 is 11.6 Å². The molecule has 4 nitrogen and oxygen atoms in total. The van der Waals surface area contributed by atoms with Gasteiger partial charge in [0.05, 0.1) is 13.2 Å². The number of hydrogen-bond acceptors (Lipinski definition) is 3. The SMILES string of the molecule is C=CCNC(=O)CNc1ccc(OCC(C)C)cc1. The van der Waals surface area contributed by atoms with Crippen LogP contribution in [0, 0.1) is 5.92 Å². The first-order valence-corrected chi connectivity index (χ1v) is 6.46. The molecule has 4 heteroatoms. The minimum atomic E-state index is -0.0555. The lowest BCUT2D eigenvalue weighted by Crippen LogP contribution is -2.29. The van der Waals surface area contributed by atoms with Gasteiger partial charge < -0.3 is 15.4 Å². The van der Waals surface area contributed by atoms with Gasteiger partial charge in [-0.15, -0.1) is 6.58 Å². The van der Waals surface area contributed by atoms with Gasteiger partial charge >= 0.3 is 0 Å². The van der Waals surface area contributed by atoms with Crippen LogP contribution >= 0.6 is 0 Å². The van der Waals surface area contributed by atoms with Gasteiger partial charge in [0.15, 0.2) is 0 Å². The van der Waals surface area contributed by atoms with E-state index in [1.807, 2.05) is 24.3 Å². The fraction of sp³-hybridized carbons (Fsp3) is 0.400. The van der Waals surface area contributed by atoms with Gasteiger partial charge in [-0.2, -0.15) is 0 Å². The Bertz CT molecular complexity index is 399. The van der Waals surface area contributed by atoms with Crippen LogP contribution in [-0.4, -0.2) is 25.6 Å². The highest BCUT2D eigenvalue weighted by molar-refractivity contribution is 5.80. The lowest BCUT2D eigenvalue weighted by atomic mass is 10.2. The number of carbonyl (C=O) groups is 1. The standard InChI is InChI=1S/C15H22N2O2/c1-4-9-16-15(18)10-17-13-5-7-14(8-6-13)19-11-12(2)3/h4-8,12,17H,1,9-11H2,2-3H3,(H,16,18). The highest BCUT2D eigenvalue weighted by Gasteiger charge is 2.00. The molecule has 1 amide bonds. The van der Waals surface area contributed by atoms with Crippen LogP contribution in [0.1, 0.15) is 13.8 Å². The molecule has 0 aliphatic heterocycles. The summed E-state index contributed by atoms with van der Waals surface area (Å²) < 4.78 is 5.58. The third kappa shape index (κ3) is 6.50. The van der Waals surface area contributed by atoms with Crippen molar-refractivity contribution in [3.05, 3.63) is 36.9 Å². The lowest BCUT2D eigenvalue weighted by Gasteiger charge is -2.10. The van der Waals surface area contributed by atoms with Gasteiger partial charge in [-0.05, 0) is 30.2 Å². The molecule has 0 spiro atoms. The number of anilines is 1. The number of benzene rings is 1. The molecule has 1 aromatic rings. The number of amides is 1. The van der Waals surface area contributed by atoms with E-state index >= 15 is 0 Å². The third-order valence-electron chi connectivity index (χ3n) is 2.33. The van der Waals surface area contributed by atoms with E-state index in [1.54, 1.807) is 6.08 Å². The molecular weight excluding hydrogens is 240 g/mol. The van der Waals surface area contributed by atoms with E-state index in [0.717, 1.165) is 11.4 Å². The van der Waals surface area contributed by atoms with Crippen molar-refractivity contribution in [2.24, 2.45) is 5.92 Å². The summed E-state index contributed by atoms with van der Waals surface area (Å²) in [6, 6.07) is 7.59. The monoisotopic (exact) mass is 262 g/mol. The van der Waals surface area contributed by atoms with Crippen LogP contribution in [0.2, 0.25) is 0 Å². The van der Waals surface area contributed by atoms with Crippen molar-refractivity contribution < 1.29 is 9.53 Å². The number of hydrogen-bond donors (Lipinski definition) is 2. The van der Waals surface area contributed by atoms with E-state index in [-0.39, 0.29) is 12.5 Å². The second kappa shape index (κ2) is 8.19. The van der Waals surface area contributed by atoms with Gasteiger partial charge in [-0.25, -0.2) is 0 Å². The summed E-state index contributed by atoms with van der Waals surface area (Å²) in [5, 5.41) is 5.75. The Labute approximate surface area is 114 Å². The third-order valence-corrected chi connectivity index (χ3v) is 2.33. The van der Waals surface area contributed by atoms with Gasteiger partial charge in [0, 0.05) is 12.2 Å². The van der Waals surface area contributed by atoms with Gasteiger partial charge in [-0.1, -0.05) is 19.9 Å². The Kier molecular flexibility index (Phi) is 6.50. The minimum Gasteiger partial charge on any atom is -0.493 e. The fourth-order valence-corrected chi connectivity index (χ4v) is 1.36. The number of rotatable bonds is 8. The predicted octanol–water partition coefficient (Wildman–Crippen LogP) is 2.44. The van der Waals surface area contributed by atoms with Crippen LogP contribution in [0.25, 0.3) is 0 Å². The minimum absolute atomic E-state index is 0.0555. The van der Waals surface area contributed by atoms with Crippen LogP contribution < -0.4 is 15.4 Å². The Hall–Kier alpha value is -1.97. The summed E-state index contributed by atoms with van der Waals surface area (Å²) in [5.74, 6) is 1.29. The maximum atomic E-state index is 11.4. The van der Waals surface area contributed by atoms with Crippen molar-refractivity contribution in [3.8, 4) is 5.75 Å². The second-order valence-electron chi connectivity index (χ2n) is 4.68. The molecule has 0 aromatic heterocycles. The van der Waals surface area contributed by atoms with E-state index in [1.165, 1.54) is 0 Å². The first-order valence-electron chi connectivity index (χ1n) is 6.46. The van der Waals surface area contributed by atoms with E-state index in [2.05, 4.69) is 31.1 Å². The van der Waals surface area contributed by atoms with Crippen molar-refractivity contribution in [2.45, 2.75) is 13.8 Å². The van der Waals surface area contributed by atoms with Crippen molar-refractivity contribution in [2.75, 3.05) is 25.0 Å². The zero-order valence-electron chi connectivity index (χ0n) is 11.6. The van der Waals surface area contributed by atoms with Crippen LogP contribution in [-0.2, 0) is 4.79 Å². The summed E-state index contributed by atoms with van der Waals surface area (Å²) in [5.41, 5.74) is 0.894.